The third-order valence-corrected chi connectivity index (χ3v) is 6.27. The lowest BCUT2D eigenvalue weighted by molar-refractivity contribution is -0.119. The van der Waals surface area contributed by atoms with Crippen molar-refractivity contribution in [1.29, 1.82) is 0 Å². The first kappa shape index (κ1) is 19.8. The zero-order valence-electron chi connectivity index (χ0n) is 15.1. The van der Waals surface area contributed by atoms with E-state index in [1.807, 2.05) is 36.7 Å². The zero-order chi connectivity index (χ0) is 19.6. The maximum absolute atomic E-state index is 12.6. The van der Waals surface area contributed by atoms with E-state index in [-0.39, 0.29) is 11.8 Å². The van der Waals surface area contributed by atoms with Crippen LogP contribution in [0.5, 0.6) is 0 Å². The smallest absolute Gasteiger partial charge is 0.274 e. The van der Waals surface area contributed by atoms with E-state index in [2.05, 4.69) is 31.5 Å². The number of thiazole rings is 1. The van der Waals surface area contributed by atoms with Gasteiger partial charge in [0.05, 0.1) is 17.1 Å². The monoisotopic (exact) mass is 466 g/mol. The fraction of sp³-hybridized carbons (Fsp3) is 0.278. The molecule has 0 unspecified atom stereocenters. The second-order valence-electron chi connectivity index (χ2n) is 5.88. The Morgan fingerprint density at radius 2 is 2.07 bits per heavy atom. The first-order chi connectivity index (χ1) is 12.9. The number of anilines is 1. The quantitative estimate of drug-likeness (QED) is 0.554. The van der Waals surface area contributed by atoms with Crippen LogP contribution in [0.4, 0.5) is 5.13 Å². The standard InChI is InChI=1S/C18H19BrN4O2S2/c1-4-23-9-12(19)7-14(23)17(25)22-18-21-16(10(2)26-18)15-6-5-13(27-15)8-20-11(3)24/h5-7,9H,4,8H2,1-3H3,(H,20,24)(H,21,22,25). The number of nitrogens with zero attached hydrogens (tertiary/aromatic N) is 2. The molecule has 0 saturated carbocycles. The number of nitrogens with one attached hydrogen (secondary N) is 2. The molecule has 3 heterocycles. The van der Waals surface area contributed by atoms with E-state index in [1.165, 1.54) is 18.3 Å². The van der Waals surface area contributed by atoms with E-state index in [9.17, 15) is 9.59 Å². The minimum absolute atomic E-state index is 0.0525. The van der Waals surface area contributed by atoms with E-state index >= 15 is 0 Å². The number of aromatic nitrogens is 2. The fourth-order valence-electron chi connectivity index (χ4n) is 2.58. The molecule has 0 aliphatic heterocycles. The molecule has 0 fully saturated rings. The fourth-order valence-corrected chi connectivity index (χ4v) is 4.92. The first-order valence-corrected chi connectivity index (χ1v) is 10.8. The van der Waals surface area contributed by atoms with Gasteiger partial charge in [-0.2, -0.15) is 0 Å². The summed E-state index contributed by atoms with van der Waals surface area (Å²) in [5, 5.41) is 6.27. The number of rotatable bonds is 6. The zero-order valence-corrected chi connectivity index (χ0v) is 18.3. The van der Waals surface area contributed by atoms with Gasteiger partial charge in [0.1, 0.15) is 5.69 Å². The normalized spacial score (nSPS) is 10.8. The second kappa shape index (κ2) is 8.37. The van der Waals surface area contributed by atoms with Crippen LogP contribution < -0.4 is 10.6 Å². The molecule has 0 aliphatic rings. The summed E-state index contributed by atoms with van der Waals surface area (Å²) in [7, 11) is 0. The van der Waals surface area contributed by atoms with Gasteiger partial charge in [0.2, 0.25) is 5.91 Å². The van der Waals surface area contributed by atoms with Crippen molar-refractivity contribution in [1.82, 2.24) is 14.9 Å². The van der Waals surface area contributed by atoms with Crippen molar-refractivity contribution in [2.45, 2.75) is 33.9 Å². The number of amides is 2. The Balaban J connectivity index is 1.76. The van der Waals surface area contributed by atoms with Gasteiger partial charge >= 0.3 is 0 Å². The molecule has 9 heteroatoms. The van der Waals surface area contributed by atoms with Crippen LogP contribution in [0.3, 0.4) is 0 Å². The Labute approximate surface area is 173 Å². The molecule has 0 bridgehead atoms. The summed E-state index contributed by atoms with van der Waals surface area (Å²) < 4.78 is 2.75. The highest BCUT2D eigenvalue weighted by Crippen LogP contribution is 2.35. The van der Waals surface area contributed by atoms with E-state index in [1.54, 1.807) is 17.4 Å². The lowest BCUT2D eigenvalue weighted by atomic mass is 10.3. The Morgan fingerprint density at radius 1 is 1.30 bits per heavy atom. The van der Waals surface area contributed by atoms with Crippen LogP contribution in [-0.2, 0) is 17.9 Å². The molecule has 0 saturated heterocycles. The largest absolute Gasteiger partial charge is 0.351 e. The van der Waals surface area contributed by atoms with Crippen LogP contribution in [0.2, 0.25) is 0 Å². The van der Waals surface area contributed by atoms with Crippen LogP contribution in [0.1, 0.15) is 34.1 Å². The molecule has 6 nitrogen and oxygen atoms in total. The van der Waals surface area contributed by atoms with Gasteiger partial charge in [-0.3, -0.25) is 14.9 Å². The number of hydrogen-bond donors (Lipinski definition) is 2. The molecule has 0 aromatic carbocycles. The second-order valence-corrected chi connectivity index (χ2v) is 9.17. The van der Waals surface area contributed by atoms with Crippen molar-refractivity contribution < 1.29 is 9.59 Å². The van der Waals surface area contributed by atoms with Gasteiger partial charge in [0, 0.05) is 33.9 Å². The predicted molar refractivity (Wildman–Crippen MR) is 113 cm³/mol. The Hall–Kier alpha value is -1.97. The average Bonchev–Trinajstić information content (AvgIpc) is 3.31. The molecule has 27 heavy (non-hydrogen) atoms. The molecule has 0 radical (unpaired) electrons. The summed E-state index contributed by atoms with van der Waals surface area (Å²) in [5.74, 6) is -0.233. The number of thiophene rings is 1. The van der Waals surface area contributed by atoms with Gasteiger partial charge in [-0.1, -0.05) is 0 Å². The minimum Gasteiger partial charge on any atom is -0.351 e. The number of carbonyl (C=O) groups is 2. The van der Waals surface area contributed by atoms with Crippen molar-refractivity contribution in [3.05, 3.63) is 44.3 Å². The van der Waals surface area contributed by atoms with Crippen molar-refractivity contribution in [2.75, 3.05) is 5.32 Å². The lowest BCUT2D eigenvalue weighted by Gasteiger charge is -2.05. The summed E-state index contributed by atoms with van der Waals surface area (Å²) >= 11 is 6.45. The predicted octanol–water partition coefficient (Wildman–Crippen LogP) is 4.65. The highest BCUT2D eigenvalue weighted by molar-refractivity contribution is 9.10. The van der Waals surface area contributed by atoms with Crippen LogP contribution in [-0.4, -0.2) is 21.4 Å². The van der Waals surface area contributed by atoms with Crippen molar-refractivity contribution in [2.24, 2.45) is 0 Å². The van der Waals surface area contributed by atoms with Crippen molar-refractivity contribution in [3.63, 3.8) is 0 Å². The molecule has 142 valence electrons. The summed E-state index contributed by atoms with van der Waals surface area (Å²) in [6.45, 7) is 6.70. The topological polar surface area (TPSA) is 76.0 Å². The summed E-state index contributed by atoms with van der Waals surface area (Å²) in [4.78, 5) is 31.4. The summed E-state index contributed by atoms with van der Waals surface area (Å²) in [6.07, 6.45) is 1.88. The van der Waals surface area contributed by atoms with Crippen LogP contribution in [0, 0.1) is 6.92 Å². The summed E-state index contributed by atoms with van der Waals surface area (Å²) in [5.41, 5.74) is 1.45. The maximum Gasteiger partial charge on any atom is 0.274 e. The van der Waals surface area contributed by atoms with Gasteiger partial charge in [-0.15, -0.1) is 22.7 Å². The highest BCUT2D eigenvalue weighted by atomic mass is 79.9. The molecule has 0 atom stereocenters. The van der Waals surface area contributed by atoms with Gasteiger partial charge in [0.25, 0.3) is 5.91 Å². The third kappa shape index (κ3) is 4.66. The van der Waals surface area contributed by atoms with E-state index in [0.717, 1.165) is 24.8 Å². The van der Waals surface area contributed by atoms with Crippen LogP contribution in [0.25, 0.3) is 10.6 Å². The SMILES string of the molecule is CCn1cc(Br)cc1C(=O)Nc1nc(-c2ccc(CNC(C)=O)s2)c(C)s1. The highest BCUT2D eigenvalue weighted by Gasteiger charge is 2.17. The Morgan fingerprint density at radius 3 is 2.78 bits per heavy atom. The minimum atomic E-state index is -0.180. The van der Waals surface area contributed by atoms with Crippen molar-refractivity contribution >= 4 is 55.5 Å². The molecule has 2 amide bonds. The third-order valence-electron chi connectivity index (χ3n) is 3.86. The molecule has 2 N–H and O–H groups in total. The van der Waals surface area contributed by atoms with E-state index in [0.29, 0.717) is 23.9 Å². The van der Waals surface area contributed by atoms with Gasteiger partial charge < -0.3 is 9.88 Å². The van der Waals surface area contributed by atoms with Crippen molar-refractivity contribution in [3.8, 4) is 10.6 Å². The van der Waals surface area contributed by atoms with Crippen LogP contribution in [0.15, 0.2) is 28.9 Å². The number of aryl methyl sites for hydroxylation is 2. The van der Waals surface area contributed by atoms with Gasteiger partial charge in [0.15, 0.2) is 5.13 Å². The Bertz CT molecular complexity index is 990. The molecule has 3 aromatic rings. The van der Waals surface area contributed by atoms with E-state index < -0.39 is 0 Å². The van der Waals surface area contributed by atoms with E-state index in [4.69, 9.17) is 0 Å². The Kier molecular flexibility index (Phi) is 6.13. The number of carbonyl (C=O) groups excluding carboxylic acids is 2. The summed E-state index contributed by atoms with van der Waals surface area (Å²) in [6, 6.07) is 5.78. The number of halogens is 1. The van der Waals surface area contributed by atoms with Crippen LogP contribution >= 0.6 is 38.6 Å². The molecule has 0 spiro atoms. The first-order valence-electron chi connectivity index (χ1n) is 8.35. The maximum atomic E-state index is 12.6. The lowest BCUT2D eigenvalue weighted by Crippen LogP contribution is -2.17. The number of hydrogen-bond acceptors (Lipinski definition) is 5. The average molecular weight is 467 g/mol. The molecule has 3 aromatic heterocycles. The molecular formula is C18H19BrN4O2S2. The molecular weight excluding hydrogens is 448 g/mol. The molecule has 3 rings (SSSR count). The van der Waals surface area contributed by atoms with Gasteiger partial charge in [-0.05, 0) is 48.0 Å². The van der Waals surface area contributed by atoms with Gasteiger partial charge in [-0.25, -0.2) is 4.98 Å². The molecule has 0 aliphatic carbocycles.